The van der Waals surface area contributed by atoms with E-state index in [1.807, 2.05) is 0 Å². The van der Waals surface area contributed by atoms with Gasteiger partial charge in [0.05, 0.1) is 6.04 Å². The highest BCUT2D eigenvalue weighted by atomic mass is 15.4. The Kier molecular flexibility index (Phi) is 1.87. The van der Waals surface area contributed by atoms with Crippen molar-refractivity contribution in [1.29, 1.82) is 0 Å². The minimum absolute atomic E-state index is 0.557. The Morgan fingerprint density at radius 2 is 2.42 bits per heavy atom. The number of nitrogens with zero attached hydrogens (tertiary/aromatic N) is 3. The topological polar surface area (TPSA) is 30.7 Å². The normalized spacial score (nSPS) is 22.3. The molecule has 0 spiro atoms. The minimum Gasteiger partial charge on any atom is -0.247 e. The lowest BCUT2D eigenvalue weighted by Crippen LogP contribution is -2.16. The SMILES string of the molecule is CCc1nc2n(n1)C(C)CCC2. The third-order valence-electron chi connectivity index (χ3n) is 2.50. The van der Waals surface area contributed by atoms with Crippen molar-refractivity contribution >= 4 is 0 Å². The molecule has 0 amide bonds. The molecule has 1 aliphatic heterocycles. The van der Waals surface area contributed by atoms with Gasteiger partial charge in [-0.05, 0) is 19.8 Å². The number of hydrogen-bond donors (Lipinski definition) is 0. The van der Waals surface area contributed by atoms with Gasteiger partial charge in [0, 0.05) is 12.8 Å². The maximum atomic E-state index is 4.47. The van der Waals surface area contributed by atoms with Gasteiger partial charge < -0.3 is 0 Å². The predicted molar refractivity (Wildman–Crippen MR) is 47.0 cm³/mol. The first-order chi connectivity index (χ1) is 5.81. The molecule has 0 saturated heterocycles. The summed E-state index contributed by atoms with van der Waals surface area (Å²) >= 11 is 0. The van der Waals surface area contributed by atoms with Crippen LogP contribution in [-0.2, 0) is 12.8 Å². The van der Waals surface area contributed by atoms with E-state index in [0.29, 0.717) is 6.04 Å². The van der Waals surface area contributed by atoms with Crippen LogP contribution in [0.1, 0.15) is 44.4 Å². The third kappa shape index (κ3) is 1.13. The van der Waals surface area contributed by atoms with E-state index >= 15 is 0 Å². The van der Waals surface area contributed by atoms with Gasteiger partial charge in [-0.1, -0.05) is 6.92 Å². The summed E-state index contributed by atoms with van der Waals surface area (Å²) in [5.41, 5.74) is 0. The molecule has 3 heteroatoms. The molecule has 0 N–H and O–H groups in total. The van der Waals surface area contributed by atoms with E-state index in [4.69, 9.17) is 0 Å². The molecular weight excluding hydrogens is 150 g/mol. The van der Waals surface area contributed by atoms with Crippen LogP contribution in [0.25, 0.3) is 0 Å². The number of aromatic nitrogens is 3. The highest BCUT2D eigenvalue weighted by Gasteiger charge is 2.18. The zero-order chi connectivity index (χ0) is 8.55. The minimum atomic E-state index is 0.557. The monoisotopic (exact) mass is 165 g/mol. The number of hydrogen-bond acceptors (Lipinski definition) is 2. The van der Waals surface area contributed by atoms with Crippen LogP contribution in [0.15, 0.2) is 0 Å². The van der Waals surface area contributed by atoms with E-state index in [9.17, 15) is 0 Å². The van der Waals surface area contributed by atoms with Crippen molar-refractivity contribution in [2.75, 3.05) is 0 Å². The lowest BCUT2D eigenvalue weighted by Gasteiger charge is -2.18. The molecule has 0 radical (unpaired) electrons. The largest absolute Gasteiger partial charge is 0.247 e. The zero-order valence-electron chi connectivity index (χ0n) is 7.75. The maximum absolute atomic E-state index is 4.47. The molecule has 12 heavy (non-hydrogen) atoms. The van der Waals surface area contributed by atoms with Crippen molar-refractivity contribution in [1.82, 2.24) is 14.8 Å². The van der Waals surface area contributed by atoms with Crippen LogP contribution in [0.4, 0.5) is 0 Å². The molecule has 0 bridgehead atoms. The molecular formula is C9H15N3. The number of rotatable bonds is 1. The summed E-state index contributed by atoms with van der Waals surface area (Å²) in [5, 5.41) is 4.46. The average Bonchev–Trinajstić information content (AvgIpc) is 2.49. The van der Waals surface area contributed by atoms with Crippen molar-refractivity contribution in [3.63, 3.8) is 0 Å². The van der Waals surface area contributed by atoms with Crippen LogP contribution in [0.5, 0.6) is 0 Å². The molecule has 1 atom stereocenters. The first kappa shape index (κ1) is 7.77. The van der Waals surface area contributed by atoms with Gasteiger partial charge in [0.2, 0.25) is 0 Å². The van der Waals surface area contributed by atoms with Crippen LogP contribution in [0.3, 0.4) is 0 Å². The smallest absolute Gasteiger partial charge is 0.150 e. The lowest BCUT2D eigenvalue weighted by molar-refractivity contribution is 0.387. The molecule has 3 nitrogen and oxygen atoms in total. The summed E-state index contributed by atoms with van der Waals surface area (Å²) in [6.07, 6.45) is 4.58. The molecule has 1 aromatic rings. The highest BCUT2D eigenvalue weighted by Crippen LogP contribution is 2.21. The number of fused-ring (bicyclic) bond motifs is 1. The van der Waals surface area contributed by atoms with Gasteiger partial charge in [-0.3, -0.25) is 0 Å². The Morgan fingerprint density at radius 1 is 1.58 bits per heavy atom. The molecule has 0 saturated carbocycles. The fraction of sp³-hybridized carbons (Fsp3) is 0.778. The van der Waals surface area contributed by atoms with E-state index in [0.717, 1.165) is 18.7 Å². The maximum Gasteiger partial charge on any atom is 0.150 e. The standard InChI is InChI=1S/C9H15N3/c1-3-8-10-9-6-4-5-7(2)12(9)11-8/h7H,3-6H2,1-2H3. The fourth-order valence-electron chi connectivity index (χ4n) is 1.76. The molecule has 2 heterocycles. The van der Waals surface area contributed by atoms with Crippen LogP contribution in [0, 0.1) is 0 Å². The van der Waals surface area contributed by atoms with Crippen LogP contribution in [0.2, 0.25) is 0 Å². The van der Waals surface area contributed by atoms with Gasteiger partial charge in [-0.25, -0.2) is 9.67 Å². The summed E-state index contributed by atoms with van der Waals surface area (Å²) < 4.78 is 2.10. The Hall–Kier alpha value is -0.860. The van der Waals surface area contributed by atoms with E-state index < -0.39 is 0 Å². The van der Waals surface area contributed by atoms with Crippen LogP contribution < -0.4 is 0 Å². The Labute approximate surface area is 72.8 Å². The van der Waals surface area contributed by atoms with Gasteiger partial charge in [0.25, 0.3) is 0 Å². The van der Waals surface area contributed by atoms with Crippen molar-refractivity contribution in [2.24, 2.45) is 0 Å². The predicted octanol–water partition coefficient (Wildman–Crippen LogP) is 1.74. The molecule has 0 aliphatic carbocycles. The summed E-state index contributed by atoms with van der Waals surface area (Å²) in [6, 6.07) is 0.557. The Balaban J connectivity index is 2.37. The molecule has 1 unspecified atom stereocenters. The van der Waals surface area contributed by atoms with Crippen LogP contribution in [-0.4, -0.2) is 14.8 Å². The lowest BCUT2D eigenvalue weighted by atomic mass is 10.1. The van der Waals surface area contributed by atoms with E-state index in [-0.39, 0.29) is 0 Å². The molecule has 0 fully saturated rings. The molecule has 0 aromatic carbocycles. The molecule has 1 aromatic heterocycles. The van der Waals surface area contributed by atoms with Gasteiger partial charge >= 0.3 is 0 Å². The second kappa shape index (κ2) is 2.88. The van der Waals surface area contributed by atoms with Crippen molar-refractivity contribution in [2.45, 2.75) is 45.6 Å². The molecule has 2 rings (SSSR count). The van der Waals surface area contributed by atoms with Gasteiger partial charge in [-0.15, -0.1) is 0 Å². The first-order valence-electron chi connectivity index (χ1n) is 4.75. The van der Waals surface area contributed by atoms with E-state index in [1.165, 1.54) is 18.7 Å². The summed E-state index contributed by atoms with van der Waals surface area (Å²) in [5.74, 6) is 2.18. The summed E-state index contributed by atoms with van der Waals surface area (Å²) in [4.78, 5) is 4.47. The fourth-order valence-corrected chi connectivity index (χ4v) is 1.76. The average molecular weight is 165 g/mol. The van der Waals surface area contributed by atoms with Crippen LogP contribution >= 0.6 is 0 Å². The second-order valence-corrected chi connectivity index (χ2v) is 3.48. The number of aryl methyl sites for hydroxylation is 2. The van der Waals surface area contributed by atoms with E-state index in [1.54, 1.807) is 0 Å². The quantitative estimate of drug-likeness (QED) is 0.634. The highest BCUT2D eigenvalue weighted by molar-refractivity contribution is 4.97. The molecule has 1 aliphatic rings. The van der Waals surface area contributed by atoms with Crippen molar-refractivity contribution in [3.8, 4) is 0 Å². The Bertz CT molecular complexity index is 277. The second-order valence-electron chi connectivity index (χ2n) is 3.48. The Morgan fingerprint density at radius 3 is 3.08 bits per heavy atom. The van der Waals surface area contributed by atoms with Gasteiger partial charge in [-0.2, -0.15) is 5.10 Å². The summed E-state index contributed by atoms with van der Waals surface area (Å²) in [6.45, 7) is 4.32. The van der Waals surface area contributed by atoms with Gasteiger partial charge in [0.1, 0.15) is 5.82 Å². The zero-order valence-corrected chi connectivity index (χ0v) is 7.75. The molecule has 66 valence electrons. The summed E-state index contributed by atoms with van der Waals surface area (Å²) in [7, 11) is 0. The van der Waals surface area contributed by atoms with Crippen molar-refractivity contribution in [3.05, 3.63) is 11.6 Å². The van der Waals surface area contributed by atoms with Crippen molar-refractivity contribution < 1.29 is 0 Å². The first-order valence-corrected chi connectivity index (χ1v) is 4.75. The van der Waals surface area contributed by atoms with E-state index in [2.05, 4.69) is 28.6 Å². The van der Waals surface area contributed by atoms with Gasteiger partial charge in [0.15, 0.2) is 5.82 Å². The third-order valence-corrected chi connectivity index (χ3v) is 2.50.